The zero-order chi connectivity index (χ0) is 8.24. The molecule has 60 valence electrons. The summed E-state index contributed by atoms with van der Waals surface area (Å²) in [6, 6.07) is 0. The van der Waals surface area contributed by atoms with Gasteiger partial charge in [0.25, 0.3) is 0 Å². The van der Waals surface area contributed by atoms with Crippen LogP contribution in [0, 0.1) is 0 Å². The summed E-state index contributed by atoms with van der Waals surface area (Å²) in [6.07, 6.45) is 3.89. The molecule has 0 fully saturated rings. The molecule has 0 saturated carbocycles. The molecule has 0 amide bonds. The van der Waals surface area contributed by atoms with E-state index in [-0.39, 0.29) is 41.9 Å². The van der Waals surface area contributed by atoms with Gasteiger partial charge in [-0.25, -0.2) is 0 Å². The highest BCUT2D eigenvalue weighted by atomic mass is 79.9. The third-order valence-electron chi connectivity index (χ3n) is 0.626. The van der Waals surface area contributed by atoms with Gasteiger partial charge in [0.05, 0.1) is 0 Å². The predicted octanol–water partition coefficient (Wildman–Crippen LogP) is 2.38. The summed E-state index contributed by atoms with van der Waals surface area (Å²) in [6.45, 7) is 7.11. The molecule has 0 rings (SSSR count). The van der Waals surface area contributed by atoms with Crippen LogP contribution < -0.4 is 0 Å². The summed E-state index contributed by atoms with van der Waals surface area (Å²) >= 11 is 6.97. The van der Waals surface area contributed by atoms with Gasteiger partial charge >= 0.3 is 36.4 Å². The standard InChI is InChI=1S/2C3H5.2BrH.2Mg.H2O/c2*1-3-2;;;;;/h2*3H,1-2H2;2*1H;;;1H2/q;;;;2*+1;/p-2. The highest BCUT2D eigenvalue weighted by Gasteiger charge is 1.76. The third kappa shape index (κ3) is 33.4. The van der Waals surface area contributed by atoms with Crippen molar-refractivity contribution in [3.63, 3.8) is 0 Å². The van der Waals surface area contributed by atoms with Crippen molar-refractivity contribution in [1.82, 2.24) is 0 Å². The van der Waals surface area contributed by atoms with E-state index in [1.165, 1.54) is 9.10 Å². The number of hydrogen-bond acceptors (Lipinski definition) is 0. The number of rotatable bonds is 4. The largest absolute Gasteiger partial charge is 0.472 e. The van der Waals surface area contributed by atoms with Crippen molar-refractivity contribution < 1.29 is 5.48 Å². The molecule has 0 aliphatic carbocycles. The van der Waals surface area contributed by atoms with Gasteiger partial charge in [-0.15, -0.1) is 34.4 Å². The Labute approximate surface area is 101 Å². The van der Waals surface area contributed by atoms with Crippen LogP contribution in [-0.4, -0.2) is 41.9 Å². The van der Waals surface area contributed by atoms with Gasteiger partial charge in [-0.05, 0) is 0 Å². The summed E-state index contributed by atoms with van der Waals surface area (Å²) in [7, 11) is 0. The van der Waals surface area contributed by atoms with E-state index in [1.54, 1.807) is 0 Å². The van der Waals surface area contributed by atoms with Crippen molar-refractivity contribution in [1.29, 1.82) is 0 Å². The van der Waals surface area contributed by atoms with Crippen molar-refractivity contribution >= 4 is 62.2 Å². The van der Waals surface area contributed by atoms with Crippen LogP contribution in [0.2, 0.25) is 9.10 Å². The predicted molar refractivity (Wildman–Crippen MR) is 63.0 cm³/mol. The van der Waals surface area contributed by atoms with Crippen LogP contribution in [0.4, 0.5) is 0 Å². The van der Waals surface area contributed by atoms with Gasteiger partial charge in [-0.1, -0.05) is 0 Å². The Hall–Kier alpha value is 1.93. The molecule has 0 spiro atoms. The van der Waals surface area contributed by atoms with E-state index in [2.05, 4.69) is 38.9 Å². The summed E-state index contributed by atoms with van der Waals surface area (Å²) in [5.74, 6) is 0. The maximum absolute atomic E-state index is 3.56. The van der Waals surface area contributed by atoms with Gasteiger partial charge < -0.3 is 31.2 Å². The Balaban J connectivity index is -0.000000107. The molecule has 0 radical (unpaired) electrons. The normalized spacial score (nSPS) is 5.27. The second-order valence-corrected chi connectivity index (χ2v) is 8.20. The van der Waals surface area contributed by atoms with Gasteiger partial charge in [-0.2, -0.15) is 0 Å². The first-order valence-corrected chi connectivity index (χ1v) is 13.0. The molecular weight excluding hydrogens is 296 g/mol. The van der Waals surface area contributed by atoms with E-state index >= 15 is 0 Å². The van der Waals surface area contributed by atoms with Gasteiger partial charge in [-0.3, -0.25) is 0 Å². The Bertz CT molecular complexity index is 71.0. The van der Waals surface area contributed by atoms with Crippen molar-refractivity contribution in [2.75, 3.05) is 0 Å². The van der Waals surface area contributed by atoms with Crippen LogP contribution in [0.3, 0.4) is 0 Å². The fraction of sp³-hybridized carbons (Fsp3) is 0.333. The van der Waals surface area contributed by atoms with E-state index in [4.69, 9.17) is 0 Å². The fourth-order valence-electron chi connectivity index (χ4n) is 0.154. The molecule has 2 N–H and O–H groups in total. The molecule has 0 aromatic heterocycles. The Morgan fingerprint density at radius 2 is 1.27 bits per heavy atom. The van der Waals surface area contributed by atoms with Crippen molar-refractivity contribution in [3.05, 3.63) is 25.3 Å². The maximum atomic E-state index is 3.56. The smallest absolute Gasteiger partial charge is 0.412 e. The molecular formula is C6H12Br2Mg2O. The molecule has 0 atom stereocenters. The molecule has 0 aliphatic heterocycles. The van der Waals surface area contributed by atoms with Crippen LogP contribution >= 0.6 is 25.8 Å². The summed E-state index contributed by atoms with van der Waals surface area (Å²) in [4.78, 5) is 0. The van der Waals surface area contributed by atoms with Gasteiger partial charge in [0, 0.05) is 0 Å². The molecule has 0 bridgehead atoms. The third-order valence-corrected chi connectivity index (χ3v) is 4.63. The lowest BCUT2D eigenvalue weighted by molar-refractivity contribution is 0.824. The Morgan fingerprint density at radius 1 is 1.00 bits per heavy atom. The Morgan fingerprint density at radius 3 is 1.27 bits per heavy atom. The van der Waals surface area contributed by atoms with E-state index in [0.29, 0.717) is 0 Å². The molecule has 0 heterocycles. The lowest BCUT2D eigenvalue weighted by atomic mass is 10.8. The topological polar surface area (TPSA) is 31.5 Å². The summed E-state index contributed by atoms with van der Waals surface area (Å²) in [5, 5.41) is 0. The van der Waals surface area contributed by atoms with Crippen LogP contribution in [0.25, 0.3) is 0 Å². The molecule has 5 heteroatoms. The first-order valence-electron chi connectivity index (χ1n) is 3.17. The lowest BCUT2D eigenvalue weighted by Gasteiger charge is -1.65. The molecule has 0 saturated heterocycles. The first kappa shape index (κ1) is 18.7. The number of allylic oxidation sites excluding steroid dienone is 2. The second kappa shape index (κ2) is 22.7. The van der Waals surface area contributed by atoms with Crippen molar-refractivity contribution in [2.24, 2.45) is 0 Å². The van der Waals surface area contributed by atoms with Crippen LogP contribution in [0.1, 0.15) is 0 Å². The number of halogens is 2. The fourth-order valence-corrected chi connectivity index (χ4v) is 2.41. The van der Waals surface area contributed by atoms with Crippen molar-refractivity contribution in [2.45, 2.75) is 9.10 Å². The maximum Gasteiger partial charge on any atom is 0.472 e. The highest BCUT2D eigenvalue weighted by Crippen LogP contribution is 1.82. The minimum atomic E-state index is 0. The zero-order valence-corrected chi connectivity index (χ0v) is 12.7. The molecule has 0 aromatic carbocycles. The SMILES string of the molecule is C=C[CH2][Mg][Br].C=C[CH2][Mg][Br].O. The van der Waals surface area contributed by atoms with E-state index < -0.39 is 0 Å². The average molecular weight is 309 g/mol. The summed E-state index contributed by atoms with van der Waals surface area (Å²) < 4.78 is 2.42. The second-order valence-electron chi connectivity index (χ2n) is 1.53. The molecule has 0 unspecified atom stereocenters. The number of hydrogen-bond donors (Lipinski definition) is 0. The minimum Gasteiger partial charge on any atom is -0.412 e. The Kier molecular flexibility index (Phi) is 38.5. The van der Waals surface area contributed by atoms with Crippen LogP contribution in [-0.2, 0) is 0 Å². The molecule has 0 aliphatic rings. The van der Waals surface area contributed by atoms with Crippen molar-refractivity contribution in [3.8, 4) is 0 Å². The van der Waals surface area contributed by atoms with Gasteiger partial charge in [0.15, 0.2) is 0 Å². The molecule has 11 heavy (non-hydrogen) atoms. The van der Waals surface area contributed by atoms with Gasteiger partial charge in [0.1, 0.15) is 0 Å². The highest BCUT2D eigenvalue weighted by molar-refractivity contribution is 9.23. The lowest BCUT2D eigenvalue weighted by Crippen LogP contribution is -1.63. The molecule has 1 nitrogen and oxygen atoms in total. The average Bonchev–Trinajstić information content (AvgIpc) is 1.93. The first-order chi connectivity index (χ1) is 4.83. The minimum absolute atomic E-state index is 0. The van der Waals surface area contributed by atoms with E-state index in [1.807, 2.05) is 12.2 Å². The van der Waals surface area contributed by atoms with E-state index in [9.17, 15) is 0 Å². The zero-order valence-electron chi connectivity index (χ0n) is 6.65. The van der Waals surface area contributed by atoms with Crippen LogP contribution in [0.15, 0.2) is 25.3 Å². The summed E-state index contributed by atoms with van der Waals surface area (Å²) in [5.41, 5.74) is 0. The monoisotopic (exact) mass is 306 g/mol. The van der Waals surface area contributed by atoms with Gasteiger partial charge in [0.2, 0.25) is 0 Å². The quantitative estimate of drug-likeness (QED) is 0.564. The van der Waals surface area contributed by atoms with Crippen LogP contribution in [0.5, 0.6) is 0 Å². The molecule has 0 aromatic rings. The van der Waals surface area contributed by atoms with E-state index in [0.717, 1.165) is 0 Å².